The summed E-state index contributed by atoms with van der Waals surface area (Å²) in [6.07, 6.45) is 0. The van der Waals surface area contributed by atoms with Gasteiger partial charge in [0.25, 0.3) is 0 Å². The molecule has 0 saturated heterocycles. The molecule has 3 nitrogen and oxygen atoms in total. The van der Waals surface area contributed by atoms with Crippen LogP contribution in [0.2, 0.25) is 0 Å². The number of carbonyl (C=O) groups is 1. The van der Waals surface area contributed by atoms with Crippen LogP contribution in [0.25, 0.3) is 0 Å². The maximum absolute atomic E-state index is 13.0. The molecule has 0 aromatic heterocycles. The van der Waals surface area contributed by atoms with Gasteiger partial charge in [-0.1, -0.05) is 97.0 Å². The van der Waals surface area contributed by atoms with Crippen molar-refractivity contribution in [2.45, 2.75) is 85.7 Å². The fourth-order valence-electron chi connectivity index (χ4n) is 4.50. The zero-order chi connectivity index (χ0) is 30.4. The molecule has 0 atom stereocenters. The van der Waals surface area contributed by atoms with E-state index in [2.05, 4.69) is 79.7 Å². The number of rotatable bonds is 7. The summed E-state index contributed by atoms with van der Waals surface area (Å²) >= 11 is 0. The van der Waals surface area contributed by atoms with Crippen LogP contribution in [0.5, 0.6) is 17.2 Å². The Labute approximate surface area is 247 Å². The maximum Gasteiger partial charge on any atom is 0.193 e. The highest BCUT2D eigenvalue weighted by Crippen LogP contribution is 2.34. The van der Waals surface area contributed by atoms with Crippen LogP contribution in [0.1, 0.15) is 102 Å². The van der Waals surface area contributed by atoms with Gasteiger partial charge in [-0.05, 0) is 91.4 Å². The Balaban J connectivity index is 0.00000226. The molecule has 0 aliphatic carbocycles. The van der Waals surface area contributed by atoms with Gasteiger partial charge in [0.15, 0.2) is 5.78 Å². The van der Waals surface area contributed by atoms with Gasteiger partial charge >= 0.3 is 0 Å². The molecule has 216 valence electrons. The number of hydrogen-bond acceptors (Lipinski definition) is 3. The summed E-state index contributed by atoms with van der Waals surface area (Å²) in [6.45, 7) is 21.1. The summed E-state index contributed by atoms with van der Waals surface area (Å²) in [4.78, 5) is 13.0. The molecule has 0 fully saturated rings. The molecule has 4 aromatic carbocycles. The van der Waals surface area contributed by atoms with E-state index < -0.39 is 0 Å². The molecule has 3 heteroatoms. The van der Waals surface area contributed by atoms with Crippen LogP contribution in [0.4, 0.5) is 0 Å². The molecule has 0 spiro atoms. The molecule has 4 aromatic rings. The van der Waals surface area contributed by atoms with Gasteiger partial charge in [0.1, 0.15) is 22.8 Å². The van der Waals surface area contributed by atoms with Crippen molar-refractivity contribution in [3.63, 3.8) is 0 Å². The standard InChI is InChI=1S/C36H40O3.C2H6/c1-34(2,3)27-13-9-25(10-14-27)33(37)26-11-19-30(20-12-26)38-31-21-15-28(16-22-31)36(7,8)29-17-23-32(24-18-29)39-35(4,5)6;1-2/h9-24H,1-8H3;1-2H3. The van der Waals surface area contributed by atoms with Crippen molar-refractivity contribution in [1.82, 2.24) is 0 Å². The summed E-state index contributed by atoms with van der Waals surface area (Å²) in [6, 6.07) is 31.7. The van der Waals surface area contributed by atoms with Gasteiger partial charge in [-0.2, -0.15) is 0 Å². The van der Waals surface area contributed by atoms with Crippen molar-refractivity contribution >= 4 is 5.78 Å². The molecular weight excluding hydrogens is 504 g/mol. The third kappa shape index (κ3) is 8.33. The third-order valence-electron chi connectivity index (χ3n) is 6.94. The second-order valence-electron chi connectivity index (χ2n) is 12.7. The zero-order valence-electron chi connectivity index (χ0n) is 26.5. The fraction of sp³-hybridized carbons (Fsp3) is 0.342. The van der Waals surface area contributed by atoms with Crippen molar-refractivity contribution in [3.8, 4) is 17.2 Å². The average Bonchev–Trinajstić information content (AvgIpc) is 2.93. The van der Waals surface area contributed by atoms with Gasteiger partial charge in [0.2, 0.25) is 0 Å². The van der Waals surface area contributed by atoms with Crippen molar-refractivity contribution in [2.75, 3.05) is 0 Å². The Kier molecular flexibility index (Phi) is 9.86. The molecule has 0 N–H and O–H groups in total. The Morgan fingerprint density at radius 2 is 0.829 bits per heavy atom. The molecule has 0 aliphatic heterocycles. The van der Waals surface area contributed by atoms with Gasteiger partial charge in [-0.25, -0.2) is 0 Å². The van der Waals surface area contributed by atoms with Gasteiger partial charge in [0.05, 0.1) is 0 Å². The van der Waals surface area contributed by atoms with Crippen LogP contribution in [0.15, 0.2) is 97.1 Å². The number of ketones is 1. The molecule has 0 heterocycles. The van der Waals surface area contributed by atoms with E-state index in [1.807, 2.05) is 86.6 Å². The first-order valence-electron chi connectivity index (χ1n) is 14.6. The molecule has 0 amide bonds. The summed E-state index contributed by atoms with van der Waals surface area (Å²) in [5.74, 6) is 2.32. The highest BCUT2D eigenvalue weighted by atomic mass is 16.5. The fourth-order valence-corrected chi connectivity index (χ4v) is 4.50. The molecular formula is C38H46O3. The molecule has 41 heavy (non-hydrogen) atoms. The summed E-state index contributed by atoms with van der Waals surface area (Å²) in [5, 5.41) is 0. The largest absolute Gasteiger partial charge is 0.488 e. The Hall–Kier alpha value is -3.85. The number of carbonyl (C=O) groups excluding carboxylic acids is 1. The predicted octanol–water partition coefficient (Wildman–Crippen LogP) is 10.5. The monoisotopic (exact) mass is 550 g/mol. The minimum atomic E-state index is -0.221. The normalized spacial score (nSPS) is 11.8. The van der Waals surface area contributed by atoms with Crippen LogP contribution in [0.3, 0.4) is 0 Å². The van der Waals surface area contributed by atoms with Crippen molar-refractivity contribution in [1.29, 1.82) is 0 Å². The highest BCUT2D eigenvalue weighted by Gasteiger charge is 2.24. The first-order chi connectivity index (χ1) is 19.2. The maximum atomic E-state index is 13.0. The lowest BCUT2D eigenvalue weighted by molar-refractivity contribution is 0.103. The summed E-state index contributed by atoms with van der Waals surface area (Å²) < 4.78 is 12.0. The Bertz CT molecular complexity index is 1400. The lowest BCUT2D eigenvalue weighted by atomic mass is 9.78. The van der Waals surface area contributed by atoms with Crippen molar-refractivity contribution < 1.29 is 14.3 Å². The quantitative estimate of drug-likeness (QED) is 0.215. The van der Waals surface area contributed by atoms with E-state index in [-0.39, 0.29) is 22.2 Å². The SMILES string of the molecule is CC.CC(C)(C)Oc1ccc(C(C)(C)c2ccc(Oc3ccc(C(=O)c4ccc(C(C)(C)C)cc4)cc3)cc2)cc1. The smallest absolute Gasteiger partial charge is 0.193 e. The predicted molar refractivity (Wildman–Crippen MR) is 172 cm³/mol. The van der Waals surface area contributed by atoms with Crippen LogP contribution in [0, 0.1) is 0 Å². The van der Waals surface area contributed by atoms with Crippen molar-refractivity contribution in [3.05, 3.63) is 125 Å². The van der Waals surface area contributed by atoms with E-state index in [0.29, 0.717) is 16.9 Å². The average molecular weight is 551 g/mol. The van der Waals surface area contributed by atoms with E-state index in [1.54, 1.807) is 0 Å². The lowest BCUT2D eigenvalue weighted by Crippen LogP contribution is -2.23. The lowest BCUT2D eigenvalue weighted by Gasteiger charge is -2.27. The van der Waals surface area contributed by atoms with Crippen LogP contribution >= 0.6 is 0 Å². The minimum absolute atomic E-state index is 0.00611. The van der Waals surface area contributed by atoms with E-state index in [0.717, 1.165) is 11.5 Å². The number of hydrogen-bond donors (Lipinski definition) is 0. The van der Waals surface area contributed by atoms with Gasteiger partial charge in [-0.3, -0.25) is 4.79 Å². The molecule has 4 rings (SSSR count). The van der Waals surface area contributed by atoms with E-state index in [1.165, 1.54) is 16.7 Å². The topological polar surface area (TPSA) is 35.5 Å². The summed E-state index contributed by atoms with van der Waals surface area (Å²) in [7, 11) is 0. The first-order valence-corrected chi connectivity index (χ1v) is 14.6. The first kappa shape index (κ1) is 31.7. The summed E-state index contributed by atoms with van der Waals surface area (Å²) in [5.41, 5.74) is 4.60. The van der Waals surface area contributed by atoms with E-state index in [9.17, 15) is 4.79 Å². The zero-order valence-corrected chi connectivity index (χ0v) is 26.5. The molecule has 0 radical (unpaired) electrons. The minimum Gasteiger partial charge on any atom is -0.488 e. The number of benzene rings is 4. The molecule has 0 unspecified atom stereocenters. The molecule has 0 bridgehead atoms. The van der Waals surface area contributed by atoms with Crippen LogP contribution in [-0.4, -0.2) is 11.4 Å². The Morgan fingerprint density at radius 3 is 1.22 bits per heavy atom. The second kappa shape index (κ2) is 12.8. The van der Waals surface area contributed by atoms with Gasteiger partial charge in [-0.15, -0.1) is 0 Å². The molecule has 0 saturated carbocycles. The van der Waals surface area contributed by atoms with Crippen molar-refractivity contribution in [2.24, 2.45) is 0 Å². The number of ether oxygens (including phenoxy) is 2. The van der Waals surface area contributed by atoms with Crippen LogP contribution < -0.4 is 9.47 Å². The second-order valence-corrected chi connectivity index (χ2v) is 12.7. The van der Waals surface area contributed by atoms with Crippen LogP contribution in [-0.2, 0) is 10.8 Å². The van der Waals surface area contributed by atoms with E-state index >= 15 is 0 Å². The highest BCUT2D eigenvalue weighted by molar-refractivity contribution is 6.09. The Morgan fingerprint density at radius 1 is 0.488 bits per heavy atom. The van der Waals surface area contributed by atoms with Gasteiger partial charge in [0, 0.05) is 16.5 Å². The third-order valence-corrected chi connectivity index (χ3v) is 6.94. The van der Waals surface area contributed by atoms with E-state index in [4.69, 9.17) is 9.47 Å². The van der Waals surface area contributed by atoms with Gasteiger partial charge < -0.3 is 9.47 Å². The molecule has 0 aliphatic rings.